The Hall–Kier alpha value is -2.18. The van der Waals surface area contributed by atoms with Crippen LogP contribution in [0.5, 0.6) is 5.75 Å². The standard InChI is InChI=1S/C22H23IN4O4S/c1-22(32(28,29)27-10-5-16-3-2-9-24-21(16)27)8-4-17(13-19(22)23)31-18-14-25-26-20(18)15-6-11-30-12-7-15/h2-5,8-10,13-15,19H,6-7,11-12H2,1H3,(H,25,26). The Kier molecular flexibility index (Phi) is 5.62. The van der Waals surface area contributed by atoms with Crippen LogP contribution in [0.25, 0.3) is 11.0 Å². The maximum atomic E-state index is 13.6. The van der Waals surface area contributed by atoms with Crippen molar-refractivity contribution in [1.29, 1.82) is 0 Å². The molecule has 1 N–H and O–H groups in total. The smallest absolute Gasteiger partial charge is 0.250 e. The van der Waals surface area contributed by atoms with Crippen LogP contribution in [0, 0.1) is 0 Å². The van der Waals surface area contributed by atoms with E-state index in [-0.39, 0.29) is 3.92 Å². The minimum atomic E-state index is -3.78. The van der Waals surface area contributed by atoms with Gasteiger partial charge in [-0.05, 0) is 50.1 Å². The monoisotopic (exact) mass is 566 g/mol. The lowest BCUT2D eigenvalue weighted by molar-refractivity contribution is 0.0840. The molecule has 0 spiro atoms. The molecule has 1 fully saturated rings. The molecule has 1 saturated heterocycles. The van der Waals surface area contributed by atoms with Crippen LogP contribution in [0.1, 0.15) is 31.4 Å². The molecule has 3 aromatic heterocycles. The molecule has 0 amide bonds. The van der Waals surface area contributed by atoms with Gasteiger partial charge in [0.1, 0.15) is 10.5 Å². The average molecular weight is 566 g/mol. The van der Waals surface area contributed by atoms with Crippen molar-refractivity contribution < 1.29 is 17.9 Å². The zero-order chi connectivity index (χ0) is 22.3. The summed E-state index contributed by atoms with van der Waals surface area (Å²) < 4.78 is 38.6. The first kappa shape index (κ1) is 21.7. The number of aromatic amines is 1. The zero-order valence-corrected chi connectivity index (χ0v) is 20.4. The molecule has 1 aliphatic carbocycles. The fraction of sp³-hybridized carbons (Fsp3) is 0.364. The molecule has 0 radical (unpaired) electrons. The van der Waals surface area contributed by atoms with Crippen LogP contribution in [-0.2, 0) is 14.8 Å². The topological polar surface area (TPSA) is 99.1 Å². The van der Waals surface area contributed by atoms with E-state index < -0.39 is 14.8 Å². The second-order valence-corrected chi connectivity index (χ2v) is 11.7. The number of nitrogens with one attached hydrogen (secondary N) is 1. The van der Waals surface area contributed by atoms with Crippen molar-refractivity contribution in [2.24, 2.45) is 0 Å². The van der Waals surface area contributed by atoms with Gasteiger partial charge in [-0.25, -0.2) is 17.4 Å². The lowest BCUT2D eigenvalue weighted by Gasteiger charge is -2.32. The van der Waals surface area contributed by atoms with Crippen molar-refractivity contribution in [2.75, 3.05) is 13.2 Å². The number of aromatic nitrogens is 4. The van der Waals surface area contributed by atoms with E-state index in [1.165, 1.54) is 3.97 Å². The van der Waals surface area contributed by atoms with Crippen LogP contribution in [0.2, 0.25) is 0 Å². The van der Waals surface area contributed by atoms with E-state index in [1.54, 1.807) is 49.8 Å². The Morgan fingerprint density at radius 1 is 1.31 bits per heavy atom. The number of rotatable bonds is 5. The number of allylic oxidation sites excluding steroid dienone is 2. The molecule has 0 aromatic carbocycles. The third-order valence-corrected chi connectivity index (χ3v) is 10.5. The van der Waals surface area contributed by atoms with Gasteiger partial charge in [0, 0.05) is 36.9 Å². The van der Waals surface area contributed by atoms with Gasteiger partial charge in [-0.3, -0.25) is 5.10 Å². The van der Waals surface area contributed by atoms with Crippen LogP contribution in [0.4, 0.5) is 0 Å². The summed E-state index contributed by atoms with van der Waals surface area (Å²) in [5, 5.41) is 8.01. The van der Waals surface area contributed by atoms with Crippen molar-refractivity contribution >= 4 is 43.6 Å². The van der Waals surface area contributed by atoms with Crippen molar-refractivity contribution in [3.8, 4) is 5.75 Å². The maximum Gasteiger partial charge on any atom is 0.250 e. The van der Waals surface area contributed by atoms with E-state index in [9.17, 15) is 8.42 Å². The second kappa shape index (κ2) is 8.31. The predicted octanol–water partition coefficient (Wildman–Crippen LogP) is 3.93. The molecule has 2 atom stereocenters. The number of pyridine rings is 1. The third kappa shape index (κ3) is 3.57. The van der Waals surface area contributed by atoms with Gasteiger partial charge in [0.25, 0.3) is 10.0 Å². The minimum absolute atomic E-state index is 0.310. The van der Waals surface area contributed by atoms with Crippen molar-refractivity contribution in [2.45, 2.75) is 34.4 Å². The van der Waals surface area contributed by atoms with Crippen LogP contribution < -0.4 is 4.74 Å². The Morgan fingerprint density at radius 3 is 2.91 bits per heavy atom. The highest BCUT2D eigenvalue weighted by molar-refractivity contribution is 14.1. The normalized spacial score (nSPS) is 24.6. The summed E-state index contributed by atoms with van der Waals surface area (Å²) in [6, 6.07) is 5.40. The first-order valence-electron chi connectivity index (χ1n) is 10.4. The van der Waals surface area contributed by atoms with E-state index >= 15 is 0 Å². The maximum absolute atomic E-state index is 13.6. The van der Waals surface area contributed by atoms with Gasteiger partial charge >= 0.3 is 0 Å². The Morgan fingerprint density at radius 2 is 2.12 bits per heavy atom. The minimum Gasteiger partial charge on any atom is -0.454 e. The van der Waals surface area contributed by atoms with E-state index in [0.717, 1.165) is 37.1 Å². The van der Waals surface area contributed by atoms with Gasteiger partial charge in [-0.2, -0.15) is 5.10 Å². The van der Waals surface area contributed by atoms with Crippen LogP contribution in [-0.4, -0.2) is 49.5 Å². The summed E-state index contributed by atoms with van der Waals surface area (Å²) in [5.74, 6) is 1.58. The number of halogens is 1. The molecule has 8 nitrogen and oxygen atoms in total. The SMILES string of the molecule is CC1(S(=O)(=O)n2ccc3cccnc32)C=CC(Oc2cn[nH]c2C2CCOCC2)=CC1I. The summed E-state index contributed by atoms with van der Waals surface area (Å²) >= 11 is 2.16. The predicted molar refractivity (Wildman–Crippen MR) is 129 cm³/mol. The molecule has 2 unspecified atom stereocenters. The van der Waals surface area contributed by atoms with Crippen molar-refractivity contribution in [3.05, 3.63) is 66.5 Å². The lowest BCUT2D eigenvalue weighted by atomic mass is 9.96. The molecule has 10 heteroatoms. The Labute approximate surface area is 199 Å². The van der Waals surface area contributed by atoms with Crippen LogP contribution in [0.3, 0.4) is 0 Å². The molecule has 4 heterocycles. The van der Waals surface area contributed by atoms with Gasteiger partial charge in [-0.15, -0.1) is 0 Å². The fourth-order valence-electron chi connectivity index (χ4n) is 4.12. The van der Waals surface area contributed by atoms with Gasteiger partial charge in [0.05, 0.1) is 15.8 Å². The number of hydrogen-bond donors (Lipinski definition) is 1. The molecule has 0 saturated carbocycles. The number of H-pyrrole nitrogens is 1. The summed E-state index contributed by atoms with van der Waals surface area (Å²) in [4.78, 5) is 4.28. The molecule has 168 valence electrons. The molecule has 5 rings (SSSR count). The number of fused-ring (bicyclic) bond motifs is 1. The van der Waals surface area contributed by atoms with E-state index in [2.05, 4.69) is 37.8 Å². The number of ether oxygens (including phenoxy) is 2. The molecular formula is C22H23IN4O4S. The highest BCUT2D eigenvalue weighted by atomic mass is 127. The first-order valence-corrected chi connectivity index (χ1v) is 13.1. The fourth-order valence-corrected chi connectivity index (χ4v) is 7.26. The molecule has 3 aromatic rings. The van der Waals surface area contributed by atoms with E-state index in [1.807, 2.05) is 12.1 Å². The number of hydrogen-bond acceptors (Lipinski definition) is 6. The summed E-state index contributed by atoms with van der Waals surface area (Å²) in [5.41, 5.74) is 1.38. The largest absolute Gasteiger partial charge is 0.454 e. The molecule has 32 heavy (non-hydrogen) atoms. The van der Waals surface area contributed by atoms with Crippen molar-refractivity contribution in [3.63, 3.8) is 0 Å². The summed E-state index contributed by atoms with van der Waals surface area (Å²) in [7, 11) is -3.78. The van der Waals surface area contributed by atoms with Crippen LogP contribution in [0.15, 0.2) is 60.8 Å². The van der Waals surface area contributed by atoms with Crippen LogP contribution >= 0.6 is 22.6 Å². The summed E-state index contributed by atoms with van der Waals surface area (Å²) in [6.07, 6.45) is 11.9. The lowest BCUT2D eigenvalue weighted by Crippen LogP contribution is -2.45. The highest BCUT2D eigenvalue weighted by Crippen LogP contribution is 2.38. The quantitative estimate of drug-likeness (QED) is 0.372. The van der Waals surface area contributed by atoms with Gasteiger partial charge in [-0.1, -0.05) is 28.7 Å². The summed E-state index contributed by atoms with van der Waals surface area (Å²) in [6.45, 7) is 3.17. The Bertz CT molecular complexity index is 1310. The Balaban J connectivity index is 1.41. The zero-order valence-electron chi connectivity index (χ0n) is 17.4. The van der Waals surface area contributed by atoms with Crippen molar-refractivity contribution in [1.82, 2.24) is 19.2 Å². The highest BCUT2D eigenvalue weighted by Gasteiger charge is 2.46. The molecular weight excluding hydrogens is 543 g/mol. The first-order chi connectivity index (χ1) is 15.4. The third-order valence-electron chi connectivity index (χ3n) is 6.16. The van der Waals surface area contributed by atoms with Gasteiger partial charge in [0.2, 0.25) is 0 Å². The van der Waals surface area contributed by atoms with E-state index in [4.69, 9.17) is 9.47 Å². The molecule has 2 aliphatic rings. The van der Waals surface area contributed by atoms with E-state index in [0.29, 0.717) is 23.1 Å². The van der Waals surface area contributed by atoms with Gasteiger partial charge < -0.3 is 9.47 Å². The number of nitrogens with zero attached hydrogens (tertiary/aromatic N) is 3. The molecule has 0 bridgehead atoms. The second-order valence-electron chi connectivity index (χ2n) is 8.16. The van der Waals surface area contributed by atoms with Gasteiger partial charge in [0.15, 0.2) is 11.4 Å². The number of alkyl halides is 1. The average Bonchev–Trinajstić information content (AvgIpc) is 3.44. The molecule has 1 aliphatic heterocycles.